The van der Waals surface area contributed by atoms with Crippen LogP contribution in [0.25, 0.3) is 0 Å². The normalized spacial score (nSPS) is 23.8. The quantitative estimate of drug-likeness (QED) is 0.774. The van der Waals surface area contributed by atoms with E-state index < -0.39 is 0 Å². The number of rotatable bonds is 5. The fourth-order valence-corrected chi connectivity index (χ4v) is 3.12. The van der Waals surface area contributed by atoms with Crippen LogP contribution in [0, 0.1) is 0 Å². The summed E-state index contributed by atoms with van der Waals surface area (Å²) in [6.45, 7) is 1.97. The van der Waals surface area contributed by atoms with Crippen molar-refractivity contribution in [3.8, 4) is 0 Å². The number of hydrogen-bond donors (Lipinski definition) is 0. The van der Waals surface area contributed by atoms with Crippen molar-refractivity contribution in [2.45, 2.75) is 57.2 Å². The van der Waals surface area contributed by atoms with E-state index in [4.69, 9.17) is 4.74 Å². The van der Waals surface area contributed by atoms with Crippen molar-refractivity contribution >= 4 is 5.97 Å². The van der Waals surface area contributed by atoms with Crippen LogP contribution >= 0.6 is 0 Å². The number of carbonyl (C=O) groups excluding carboxylic acids is 1. The summed E-state index contributed by atoms with van der Waals surface area (Å²) in [6, 6.07) is 0.982. The third kappa shape index (κ3) is 3.03. The monoisotopic (exact) mass is 277 g/mol. The van der Waals surface area contributed by atoms with Crippen molar-refractivity contribution in [2.24, 2.45) is 0 Å². The molecule has 0 N–H and O–H groups in total. The highest BCUT2D eigenvalue weighted by Gasteiger charge is 2.29. The van der Waals surface area contributed by atoms with Crippen molar-refractivity contribution in [2.75, 3.05) is 13.7 Å². The molecular formula is C15H23N3O2. The van der Waals surface area contributed by atoms with Crippen LogP contribution in [0.4, 0.5) is 0 Å². The summed E-state index contributed by atoms with van der Waals surface area (Å²) in [5, 5.41) is 0. The van der Waals surface area contributed by atoms with Crippen LogP contribution in [0.3, 0.4) is 0 Å². The third-order valence-corrected chi connectivity index (χ3v) is 4.43. The topological polar surface area (TPSA) is 47.4 Å². The molecule has 20 heavy (non-hydrogen) atoms. The van der Waals surface area contributed by atoms with Gasteiger partial charge >= 0.3 is 5.97 Å². The van der Waals surface area contributed by atoms with Crippen LogP contribution in [0.15, 0.2) is 12.5 Å². The Morgan fingerprint density at radius 2 is 2.25 bits per heavy atom. The van der Waals surface area contributed by atoms with Gasteiger partial charge in [-0.2, -0.15) is 0 Å². The molecule has 5 nitrogen and oxygen atoms in total. The van der Waals surface area contributed by atoms with Gasteiger partial charge in [0.05, 0.1) is 25.6 Å². The first-order valence-electron chi connectivity index (χ1n) is 7.59. The Hall–Kier alpha value is -1.36. The zero-order valence-electron chi connectivity index (χ0n) is 12.1. The van der Waals surface area contributed by atoms with E-state index in [9.17, 15) is 4.79 Å². The number of carbonyl (C=O) groups is 1. The molecule has 0 aromatic carbocycles. The summed E-state index contributed by atoms with van der Waals surface area (Å²) in [6.07, 6.45) is 10.5. The largest absolute Gasteiger partial charge is 0.469 e. The van der Waals surface area contributed by atoms with Crippen LogP contribution in [0.2, 0.25) is 0 Å². The number of imidazole rings is 1. The number of piperidine rings is 1. The third-order valence-electron chi connectivity index (χ3n) is 4.43. The van der Waals surface area contributed by atoms with Crippen molar-refractivity contribution in [3.63, 3.8) is 0 Å². The summed E-state index contributed by atoms with van der Waals surface area (Å²) >= 11 is 0. The molecule has 1 unspecified atom stereocenters. The molecule has 1 aliphatic carbocycles. The van der Waals surface area contributed by atoms with E-state index in [0.29, 0.717) is 18.5 Å². The molecule has 110 valence electrons. The maximum Gasteiger partial charge on any atom is 0.307 e. The second kappa shape index (κ2) is 5.95. The van der Waals surface area contributed by atoms with Gasteiger partial charge in [0, 0.05) is 24.8 Å². The first-order chi connectivity index (χ1) is 9.78. The Morgan fingerprint density at radius 3 is 3.00 bits per heavy atom. The highest BCUT2D eigenvalue weighted by atomic mass is 16.5. The van der Waals surface area contributed by atoms with Crippen LogP contribution in [0.1, 0.15) is 50.3 Å². The summed E-state index contributed by atoms with van der Waals surface area (Å²) in [5.41, 5.74) is 1.28. The van der Waals surface area contributed by atoms with E-state index in [2.05, 4.69) is 14.5 Å². The number of esters is 1. The molecule has 1 aliphatic heterocycles. The van der Waals surface area contributed by atoms with Gasteiger partial charge in [-0.05, 0) is 32.2 Å². The van der Waals surface area contributed by atoms with Gasteiger partial charge in [0.2, 0.25) is 0 Å². The van der Waals surface area contributed by atoms with E-state index in [1.54, 1.807) is 0 Å². The van der Waals surface area contributed by atoms with Crippen molar-refractivity contribution in [1.82, 2.24) is 14.5 Å². The maximum absolute atomic E-state index is 11.5. The van der Waals surface area contributed by atoms with Crippen molar-refractivity contribution in [3.05, 3.63) is 18.2 Å². The number of nitrogens with zero attached hydrogens (tertiary/aromatic N) is 3. The zero-order chi connectivity index (χ0) is 13.9. The van der Waals surface area contributed by atoms with Crippen molar-refractivity contribution in [1.29, 1.82) is 0 Å². The van der Waals surface area contributed by atoms with E-state index in [1.807, 2.05) is 12.5 Å². The molecule has 2 fully saturated rings. The molecule has 1 atom stereocenters. The molecule has 0 bridgehead atoms. The summed E-state index contributed by atoms with van der Waals surface area (Å²) in [4.78, 5) is 18.3. The van der Waals surface area contributed by atoms with Crippen molar-refractivity contribution < 1.29 is 9.53 Å². The second-order valence-electron chi connectivity index (χ2n) is 5.92. The second-order valence-corrected chi connectivity index (χ2v) is 5.92. The highest BCUT2D eigenvalue weighted by molar-refractivity contribution is 5.69. The number of likely N-dealkylation sites (tertiary alicyclic amines) is 1. The molecule has 3 rings (SSSR count). The first-order valence-corrected chi connectivity index (χ1v) is 7.59. The van der Waals surface area contributed by atoms with E-state index >= 15 is 0 Å². The molecule has 0 amide bonds. The fourth-order valence-electron chi connectivity index (χ4n) is 3.12. The van der Waals surface area contributed by atoms with E-state index in [-0.39, 0.29) is 5.97 Å². The predicted octanol–water partition coefficient (Wildman–Crippen LogP) is 2.14. The molecular weight excluding hydrogens is 254 g/mol. The van der Waals surface area contributed by atoms with Crippen LogP contribution in [-0.4, -0.2) is 40.1 Å². The van der Waals surface area contributed by atoms with Gasteiger partial charge < -0.3 is 9.30 Å². The Bertz CT molecular complexity index is 467. The number of ether oxygens (including phenoxy) is 1. The molecule has 1 saturated carbocycles. The predicted molar refractivity (Wildman–Crippen MR) is 75.2 cm³/mol. The lowest BCUT2D eigenvalue weighted by Gasteiger charge is -2.35. The molecule has 1 saturated heterocycles. The average molecular weight is 277 g/mol. The molecule has 1 aromatic rings. The summed E-state index contributed by atoms with van der Waals surface area (Å²) < 4.78 is 7.13. The lowest BCUT2D eigenvalue weighted by Crippen LogP contribution is -2.40. The number of methoxy groups -OCH3 is 1. The van der Waals surface area contributed by atoms with Gasteiger partial charge in [-0.1, -0.05) is 6.42 Å². The minimum absolute atomic E-state index is 0.0994. The number of hydrogen-bond acceptors (Lipinski definition) is 4. The minimum Gasteiger partial charge on any atom is -0.469 e. The van der Waals surface area contributed by atoms with Crippen LogP contribution in [-0.2, 0) is 16.1 Å². The zero-order valence-corrected chi connectivity index (χ0v) is 12.1. The molecule has 1 aromatic heterocycles. The molecule has 2 aliphatic rings. The van der Waals surface area contributed by atoms with Crippen LogP contribution in [0.5, 0.6) is 0 Å². The highest BCUT2D eigenvalue weighted by Crippen LogP contribution is 2.36. The smallest absolute Gasteiger partial charge is 0.307 e. The van der Waals surface area contributed by atoms with Gasteiger partial charge in [0.1, 0.15) is 0 Å². The maximum atomic E-state index is 11.5. The minimum atomic E-state index is -0.0994. The molecule has 0 radical (unpaired) electrons. The Labute approximate surface area is 119 Å². The molecule has 0 spiro atoms. The van der Waals surface area contributed by atoms with Gasteiger partial charge in [-0.15, -0.1) is 0 Å². The lowest BCUT2D eigenvalue weighted by molar-refractivity contribution is -0.142. The Balaban J connectivity index is 1.66. The van der Waals surface area contributed by atoms with E-state index in [0.717, 1.165) is 19.5 Å². The standard InChI is InChI=1S/C15H23N3O2/c1-20-15(19)8-13-4-2-3-7-17(13)10-14-9-16-11-18(14)12-5-6-12/h9,11-13H,2-8,10H2,1H3. The van der Waals surface area contributed by atoms with Gasteiger partial charge in [0.25, 0.3) is 0 Å². The Kier molecular flexibility index (Phi) is 4.05. The molecule has 5 heteroatoms. The van der Waals surface area contributed by atoms with Gasteiger partial charge in [0.15, 0.2) is 0 Å². The van der Waals surface area contributed by atoms with Gasteiger partial charge in [-0.3, -0.25) is 9.69 Å². The lowest BCUT2D eigenvalue weighted by atomic mass is 9.99. The van der Waals surface area contributed by atoms with Crippen LogP contribution < -0.4 is 0 Å². The molecule has 2 heterocycles. The Morgan fingerprint density at radius 1 is 1.40 bits per heavy atom. The fraction of sp³-hybridized carbons (Fsp3) is 0.733. The average Bonchev–Trinajstić information content (AvgIpc) is 3.21. The first kappa shape index (κ1) is 13.6. The van der Waals surface area contributed by atoms with E-state index in [1.165, 1.54) is 38.5 Å². The van der Waals surface area contributed by atoms with Gasteiger partial charge in [-0.25, -0.2) is 4.98 Å². The summed E-state index contributed by atoms with van der Waals surface area (Å²) in [5.74, 6) is -0.0994. The number of aromatic nitrogens is 2. The SMILES string of the molecule is COC(=O)CC1CCCCN1Cc1cncn1C1CC1. The summed E-state index contributed by atoms with van der Waals surface area (Å²) in [7, 11) is 1.47.